The molecule has 4 nitrogen and oxygen atoms in total. The van der Waals surface area contributed by atoms with E-state index in [0.717, 1.165) is 26.2 Å². The molecule has 0 saturated carbocycles. The Kier molecular flexibility index (Phi) is 5.79. The van der Waals surface area contributed by atoms with Gasteiger partial charge in [0.25, 0.3) is 0 Å². The summed E-state index contributed by atoms with van der Waals surface area (Å²) in [6.45, 7) is 4.03. The maximum absolute atomic E-state index is 5.18. The van der Waals surface area contributed by atoms with Crippen molar-refractivity contribution in [2.24, 2.45) is 0 Å². The highest BCUT2D eigenvalue weighted by Crippen LogP contribution is 2.13. The third-order valence-corrected chi connectivity index (χ3v) is 3.62. The summed E-state index contributed by atoms with van der Waals surface area (Å²) >= 11 is 0. The highest BCUT2D eigenvalue weighted by Gasteiger charge is 2.22. The number of methoxy groups -OCH3 is 2. The van der Waals surface area contributed by atoms with Gasteiger partial charge in [-0.3, -0.25) is 4.90 Å². The number of ether oxygens (including phenoxy) is 2. The lowest BCUT2D eigenvalue weighted by atomic mass is 10.2. The van der Waals surface area contributed by atoms with Crippen LogP contribution in [0.1, 0.15) is 12.0 Å². The summed E-state index contributed by atoms with van der Waals surface area (Å²) in [6, 6.07) is 11.2. The van der Waals surface area contributed by atoms with E-state index < -0.39 is 0 Å². The van der Waals surface area contributed by atoms with E-state index >= 15 is 0 Å². The fourth-order valence-corrected chi connectivity index (χ4v) is 2.51. The van der Waals surface area contributed by atoms with E-state index in [1.807, 2.05) is 0 Å². The summed E-state index contributed by atoms with van der Waals surface area (Å²) in [5.41, 5.74) is 1.38. The van der Waals surface area contributed by atoms with Crippen LogP contribution in [0, 0.1) is 0 Å². The lowest BCUT2D eigenvalue weighted by molar-refractivity contribution is -0.0997. The summed E-state index contributed by atoms with van der Waals surface area (Å²) in [5.74, 6) is 0. The summed E-state index contributed by atoms with van der Waals surface area (Å²) in [6.07, 6.45) is 1.04. The number of benzene rings is 1. The van der Waals surface area contributed by atoms with Crippen molar-refractivity contribution in [2.75, 3.05) is 33.9 Å². The van der Waals surface area contributed by atoms with Crippen LogP contribution in [-0.2, 0) is 16.0 Å². The molecular formula is C15H24N2O2. The van der Waals surface area contributed by atoms with E-state index in [0.29, 0.717) is 6.04 Å². The van der Waals surface area contributed by atoms with Gasteiger partial charge >= 0.3 is 0 Å². The molecule has 0 spiro atoms. The lowest BCUT2D eigenvalue weighted by Gasteiger charge is -2.19. The van der Waals surface area contributed by atoms with Crippen LogP contribution >= 0.6 is 0 Å². The largest absolute Gasteiger partial charge is 0.355 e. The molecule has 1 aromatic carbocycles. The molecule has 4 heteroatoms. The van der Waals surface area contributed by atoms with Crippen molar-refractivity contribution < 1.29 is 9.47 Å². The van der Waals surface area contributed by atoms with Gasteiger partial charge in [-0.1, -0.05) is 30.3 Å². The number of rotatable bonds is 7. The predicted octanol–water partition coefficient (Wildman–Crippen LogP) is 1.47. The van der Waals surface area contributed by atoms with Gasteiger partial charge in [0.15, 0.2) is 6.29 Å². The van der Waals surface area contributed by atoms with Gasteiger partial charge < -0.3 is 14.8 Å². The van der Waals surface area contributed by atoms with Gasteiger partial charge in [0, 0.05) is 46.4 Å². The van der Waals surface area contributed by atoms with Crippen molar-refractivity contribution in [2.45, 2.75) is 25.3 Å². The van der Waals surface area contributed by atoms with Crippen LogP contribution in [0.5, 0.6) is 0 Å². The van der Waals surface area contributed by atoms with Crippen LogP contribution in [-0.4, -0.2) is 51.1 Å². The normalized spacial score (nSPS) is 20.3. The Morgan fingerprint density at radius 2 is 2.00 bits per heavy atom. The second kappa shape index (κ2) is 7.60. The Bertz CT molecular complexity index is 354. The first-order chi connectivity index (χ1) is 9.31. The molecule has 1 heterocycles. The van der Waals surface area contributed by atoms with Crippen LogP contribution in [0.25, 0.3) is 0 Å². The highest BCUT2D eigenvalue weighted by molar-refractivity contribution is 5.14. The van der Waals surface area contributed by atoms with E-state index in [2.05, 4.69) is 40.5 Å². The van der Waals surface area contributed by atoms with E-state index in [1.54, 1.807) is 14.2 Å². The van der Waals surface area contributed by atoms with Gasteiger partial charge in [-0.2, -0.15) is 0 Å². The van der Waals surface area contributed by atoms with Gasteiger partial charge in [-0.25, -0.2) is 0 Å². The van der Waals surface area contributed by atoms with E-state index in [9.17, 15) is 0 Å². The molecule has 0 aliphatic carbocycles. The minimum Gasteiger partial charge on any atom is -0.355 e. The van der Waals surface area contributed by atoms with Gasteiger partial charge in [0.2, 0.25) is 0 Å². The monoisotopic (exact) mass is 264 g/mol. The van der Waals surface area contributed by atoms with Gasteiger partial charge in [0.05, 0.1) is 0 Å². The second-order valence-electron chi connectivity index (χ2n) is 5.02. The van der Waals surface area contributed by atoms with Crippen molar-refractivity contribution in [3.8, 4) is 0 Å². The minimum atomic E-state index is -0.150. The molecule has 0 bridgehead atoms. The fraction of sp³-hybridized carbons (Fsp3) is 0.600. The van der Waals surface area contributed by atoms with Crippen LogP contribution in [0.4, 0.5) is 0 Å². The average molecular weight is 264 g/mol. The molecule has 1 atom stereocenters. The quantitative estimate of drug-likeness (QED) is 0.756. The number of hydrogen-bond acceptors (Lipinski definition) is 4. The van der Waals surface area contributed by atoms with Gasteiger partial charge in [-0.05, 0) is 12.0 Å². The molecule has 0 amide bonds. The van der Waals surface area contributed by atoms with Crippen molar-refractivity contribution >= 4 is 0 Å². The topological polar surface area (TPSA) is 33.7 Å². The average Bonchev–Trinajstić information content (AvgIpc) is 2.89. The van der Waals surface area contributed by atoms with Crippen molar-refractivity contribution in [1.29, 1.82) is 0 Å². The van der Waals surface area contributed by atoms with E-state index in [4.69, 9.17) is 9.47 Å². The zero-order valence-electron chi connectivity index (χ0n) is 11.8. The number of hydrogen-bond donors (Lipinski definition) is 1. The van der Waals surface area contributed by atoms with E-state index in [1.165, 1.54) is 12.0 Å². The lowest BCUT2D eigenvalue weighted by Crippen LogP contribution is -2.38. The molecule has 1 aliphatic heterocycles. The molecule has 1 aromatic rings. The van der Waals surface area contributed by atoms with Crippen LogP contribution in [0.3, 0.4) is 0 Å². The zero-order chi connectivity index (χ0) is 13.5. The highest BCUT2D eigenvalue weighted by atomic mass is 16.7. The third-order valence-electron chi connectivity index (χ3n) is 3.62. The summed E-state index contributed by atoms with van der Waals surface area (Å²) < 4.78 is 10.4. The number of nitrogens with one attached hydrogen (secondary N) is 1. The smallest absolute Gasteiger partial charge is 0.169 e. The molecule has 106 valence electrons. The molecule has 2 rings (SSSR count). The maximum Gasteiger partial charge on any atom is 0.169 e. The molecular weight excluding hydrogens is 240 g/mol. The third kappa shape index (κ3) is 4.58. The number of nitrogens with zero attached hydrogens (tertiary/aromatic N) is 1. The molecule has 1 saturated heterocycles. The van der Waals surface area contributed by atoms with Crippen LogP contribution in [0.15, 0.2) is 30.3 Å². The van der Waals surface area contributed by atoms with Gasteiger partial charge in [0.1, 0.15) is 0 Å². The van der Waals surface area contributed by atoms with Crippen LogP contribution < -0.4 is 5.32 Å². The Morgan fingerprint density at radius 1 is 1.26 bits per heavy atom. The molecule has 1 fully saturated rings. The van der Waals surface area contributed by atoms with Crippen molar-refractivity contribution in [3.63, 3.8) is 0 Å². The Morgan fingerprint density at radius 3 is 2.68 bits per heavy atom. The second-order valence-corrected chi connectivity index (χ2v) is 5.02. The summed E-state index contributed by atoms with van der Waals surface area (Å²) in [7, 11) is 3.35. The molecule has 1 N–H and O–H groups in total. The standard InChI is InChI=1S/C15H24N2O2/c1-18-15(19-2)10-16-14-8-9-17(12-14)11-13-6-4-3-5-7-13/h3-7,14-16H,8-12H2,1-2H3. The first-order valence-corrected chi connectivity index (χ1v) is 6.87. The van der Waals surface area contributed by atoms with Crippen molar-refractivity contribution in [3.05, 3.63) is 35.9 Å². The fourth-order valence-electron chi connectivity index (χ4n) is 2.51. The van der Waals surface area contributed by atoms with Crippen LogP contribution in [0.2, 0.25) is 0 Å². The summed E-state index contributed by atoms with van der Waals surface area (Å²) in [4.78, 5) is 2.49. The Hall–Kier alpha value is -0.940. The molecule has 19 heavy (non-hydrogen) atoms. The maximum atomic E-state index is 5.18. The number of likely N-dealkylation sites (tertiary alicyclic amines) is 1. The molecule has 1 aliphatic rings. The molecule has 0 radical (unpaired) electrons. The van der Waals surface area contributed by atoms with Gasteiger partial charge in [-0.15, -0.1) is 0 Å². The first-order valence-electron chi connectivity index (χ1n) is 6.87. The van der Waals surface area contributed by atoms with E-state index in [-0.39, 0.29) is 6.29 Å². The SMILES string of the molecule is COC(CNC1CCN(Cc2ccccc2)C1)OC. The predicted molar refractivity (Wildman–Crippen MR) is 75.9 cm³/mol. The molecule has 1 unspecified atom stereocenters. The molecule has 0 aromatic heterocycles. The van der Waals surface area contributed by atoms with Crippen molar-refractivity contribution in [1.82, 2.24) is 10.2 Å². The minimum absolute atomic E-state index is 0.150. The zero-order valence-corrected chi connectivity index (χ0v) is 11.8. The Balaban J connectivity index is 1.71. The summed E-state index contributed by atoms with van der Waals surface area (Å²) in [5, 5.41) is 3.51. The Labute approximate surface area is 115 Å². The first kappa shape index (κ1) is 14.5.